The van der Waals surface area contributed by atoms with E-state index in [0.717, 1.165) is 17.7 Å². The zero-order valence-electron chi connectivity index (χ0n) is 22.5. The van der Waals surface area contributed by atoms with Crippen LogP contribution < -0.4 is 4.74 Å². The van der Waals surface area contributed by atoms with Crippen molar-refractivity contribution in [3.8, 4) is 5.75 Å². The number of ketones is 1. The maximum Gasteiger partial charge on any atom is 0.191 e. The molecule has 0 N–H and O–H groups in total. The Bertz CT molecular complexity index is 902. The van der Waals surface area contributed by atoms with E-state index in [9.17, 15) is 4.79 Å². The number of ether oxygens (including phenoxy) is 5. The lowest BCUT2D eigenvalue weighted by molar-refractivity contribution is -0.227. The predicted octanol–water partition coefficient (Wildman–Crippen LogP) is 2.37. The SMILES string of the molecule is [2H]C1([2H])C(C(=O)COC2CCCCO2)C2(OCCO2)C([2H])([2H])N(Cc2ccc(OC)cc2)C1([2H])[2H]. The van der Waals surface area contributed by atoms with Gasteiger partial charge in [-0.1, -0.05) is 12.1 Å². The Morgan fingerprint density at radius 1 is 1.24 bits per heavy atom. The smallest absolute Gasteiger partial charge is 0.191 e. The minimum atomic E-state index is -2.90. The zero-order valence-corrected chi connectivity index (χ0v) is 16.5. The quantitative estimate of drug-likeness (QED) is 0.682. The van der Waals surface area contributed by atoms with E-state index in [0.29, 0.717) is 24.3 Å². The van der Waals surface area contributed by atoms with Crippen LogP contribution in [0.1, 0.15) is 39.4 Å². The molecule has 29 heavy (non-hydrogen) atoms. The van der Waals surface area contributed by atoms with Crippen molar-refractivity contribution in [1.82, 2.24) is 4.90 Å². The molecule has 0 aliphatic carbocycles. The molecule has 3 saturated heterocycles. The van der Waals surface area contributed by atoms with Gasteiger partial charge in [0.1, 0.15) is 12.4 Å². The first-order chi connectivity index (χ1) is 16.5. The van der Waals surface area contributed by atoms with E-state index in [1.54, 1.807) is 24.3 Å². The molecule has 3 heterocycles. The average Bonchev–Trinajstić information content (AvgIpc) is 3.32. The minimum absolute atomic E-state index is 0.0641. The van der Waals surface area contributed by atoms with Gasteiger partial charge in [-0.15, -0.1) is 0 Å². The molecule has 1 aromatic carbocycles. The molecule has 1 spiro atoms. The van der Waals surface area contributed by atoms with Crippen molar-refractivity contribution in [1.29, 1.82) is 0 Å². The van der Waals surface area contributed by atoms with Gasteiger partial charge in [-0.2, -0.15) is 0 Å². The fourth-order valence-corrected chi connectivity index (χ4v) is 3.56. The van der Waals surface area contributed by atoms with Gasteiger partial charge in [-0.05, 0) is 49.8 Å². The van der Waals surface area contributed by atoms with Gasteiger partial charge >= 0.3 is 0 Å². The lowest BCUT2D eigenvalue weighted by Crippen LogP contribution is -2.57. The fourth-order valence-electron chi connectivity index (χ4n) is 3.56. The first-order valence-electron chi connectivity index (χ1n) is 12.9. The number of benzene rings is 1. The van der Waals surface area contributed by atoms with Crippen LogP contribution in [0.5, 0.6) is 5.75 Å². The highest BCUT2D eigenvalue weighted by Crippen LogP contribution is 2.37. The molecule has 3 fully saturated rings. The molecule has 1 aromatic rings. The topological polar surface area (TPSA) is 66.5 Å². The van der Waals surface area contributed by atoms with Crippen molar-refractivity contribution in [3.05, 3.63) is 29.8 Å². The maximum absolute atomic E-state index is 13.4. The number of carbonyl (C=O) groups is 1. The maximum atomic E-state index is 13.4. The largest absolute Gasteiger partial charge is 0.497 e. The normalized spacial score (nSPS) is 35.5. The first kappa shape index (κ1) is 14.5. The van der Waals surface area contributed by atoms with Crippen LogP contribution in [-0.4, -0.2) is 69.3 Å². The second-order valence-corrected chi connectivity index (χ2v) is 7.17. The number of hydrogen-bond acceptors (Lipinski definition) is 7. The fraction of sp³-hybridized carbons (Fsp3) is 0.682. The predicted molar refractivity (Wildman–Crippen MR) is 106 cm³/mol. The Morgan fingerprint density at radius 3 is 2.72 bits per heavy atom. The van der Waals surface area contributed by atoms with Crippen LogP contribution in [0, 0.1) is 5.92 Å². The van der Waals surface area contributed by atoms with Crippen molar-refractivity contribution in [2.45, 2.75) is 44.3 Å². The summed E-state index contributed by atoms with van der Waals surface area (Å²) in [5.74, 6) is -4.55. The molecule has 2 unspecified atom stereocenters. The molecule has 0 saturated carbocycles. The molecule has 0 amide bonds. The van der Waals surface area contributed by atoms with Crippen LogP contribution >= 0.6 is 0 Å². The van der Waals surface area contributed by atoms with Gasteiger partial charge in [0.2, 0.25) is 0 Å². The Morgan fingerprint density at radius 2 is 2.03 bits per heavy atom. The van der Waals surface area contributed by atoms with Crippen LogP contribution in [0.25, 0.3) is 0 Å². The second-order valence-electron chi connectivity index (χ2n) is 7.17. The van der Waals surface area contributed by atoms with E-state index in [-0.39, 0.29) is 19.8 Å². The summed E-state index contributed by atoms with van der Waals surface area (Å²) in [5, 5.41) is 0. The van der Waals surface area contributed by atoms with Crippen molar-refractivity contribution < 1.29 is 36.7 Å². The van der Waals surface area contributed by atoms with Crippen LogP contribution in [0.15, 0.2) is 24.3 Å². The summed E-state index contributed by atoms with van der Waals surface area (Å²) in [6, 6.07) is 6.57. The molecule has 4 rings (SSSR count). The minimum Gasteiger partial charge on any atom is -0.497 e. The summed E-state index contributed by atoms with van der Waals surface area (Å²) >= 11 is 0. The molecule has 7 heteroatoms. The van der Waals surface area contributed by atoms with Gasteiger partial charge in [0, 0.05) is 21.4 Å². The Hall–Kier alpha value is -1.51. The summed E-state index contributed by atoms with van der Waals surface area (Å²) in [6.07, 6.45) is -1.17. The highest BCUT2D eigenvalue weighted by atomic mass is 16.7. The van der Waals surface area contributed by atoms with Crippen molar-refractivity contribution in [2.24, 2.45) is 5.92 Å². The molecule has 7 nitrogen and oxygen atoms in total. The van der Waals surface area contributed by atoms with Crippen LogP contribution in [-0.2, 0) is 30.3 Å². The van der Waals surface area contributed by atoms with E-state index >= 15 is 0 Å². The molecule has 3 aliphatic heterocycles. The number of hydrogen-bond donors (Lipinski definition) is 0. The number of likely N-dealkylation sites (tertiary alicyclic amines) is 1. The summed E-state index contributed by atoms with van der Waals surface area (Å²) < 4.78 is 80.3. The van der Waals surface area contributed by atoms with E-state index in [4.69, 9.17) is 31.9 Å². The molecule has 3 aliphatic rings. The van der Waals surface area contributed by atoms with Gasteiger partial charge in [0.05, 0.1) is 32.7 Å². The van der Waals surface area contributed by atoms with Gasteiger partial charge in [-0.3, -0.25) is 9.69 Å². The highest BCUT2D eigenvalue weighted by Gasteiger charge is 2.51. The second kappa shape index (κ2) is 9.53. The third-order valence-electron chi connectivity index (χ3n) is 5.10. The lowest BCUT2D eigenvalue weighted by atomic mass is 9.86. The molecule has 0 bridgehead atoms. The molecule has 0 radical (unpaired) electrons. The number of nitrogens with zero attached hydrogens (tertiary/aromatic N) is 1. The van der Waals surface area contributed by atoms with Gasteiger partial charge in [-0.25, -0.2) is 0 Å². The highest BCUT2D eigenvalue weighted by molar-refractivity contribution is 5.83. The third-order valence-corrected chi connectivity index (χ3v) is 5.10. The van der Waals surface area contributed by atoms with Crippen molar-refractivity contribution in [3.63, 3.8) is 0 Å². The summed E-state index contributed by atoms with van der Waals surface area (Å²) in [6.45, 7) is -6.13. The number of methoxy groups -OCH3 is 1. The van der Waals surface area contributed by atoms with E-state index in [2.05, 4.69) is 0 Å². The average molecular weight is 412 g/mol. The molecule has 2 atom stereocenters. The van der Waals surface area contributed by atoms with Crippen molar-refractivity contribution in [2.75, 3.05) is 46.5 Å². The Balaban J connectivity index is 1.67. The number of Topliss-reactive ketones (excluding diaryl/α,β-unsaturated/α-hetero) is 1. The molecule has 0 aromatic heterocycles. The summed E-state index contributed by atoms with van der Waals surface area (Å²) in [5.41, 5.74) is 0.519. The zero-order chi connectivity index (χ0) is 25.5. The molecule has 160 valence electrons. The molecular weight excluding hydrogens is 374 g/mol. The van der Waals surface area contributed by atoms with Crippen LogP contribution in [0.4, 0.5) is 0 Å². The van der Waals surface area contributed by atoms with Gasteiger partial charge in [0.25, 0.3) is 0 Å². The van der Waals surface area contributed by atoms with Crippen LogP contribution in [0.2, 0.25) is 0 Å². The Kier molecular flexibility index (Phi) is 4.76. The first-order valence-corrected chi connectivity index (χ1v) is 9.92. The van der Waals surface area contributed by atoms with Crippen LogP contribution in [0.3, 0.4) is 0 Å². The summed E-state index contributed by atoms with van der Waals surface area (Å²) in [7, 11) is 1.51. The summed E-state index contributed by atoms with van der Waals surface area (Å²) in [4.78, 5) is 14.1. The monoisotopic (exact) mass is 411 g/mol. The standard InChI is InChI=1S/C22H31NO6/c1-25-18-7-5-17(6-8-18)14-23-10-9-19(22(16-23)28-12-13-29-22)20(24)15-27-21-4-2-3-11-26-21/h5-8,19,21H,2-4,9-16H2,1H3/i9D2,10D2,16D2. The van der Waals surface area contributed by atoms with Crippen molar-refractivity contribution >= 4 is 5.78 Å². The third kappa shape index (κ3) is 4.98. The molecular formula is C22H31NO6. The number of piperidine rings is 1. The van der Waals surface area contributed by atoms with E-state index in [1.165, 1.54) is 7.11 Å². The number of rotatable bonds is 7. The lowest BCUT2D eigenvalue weighted by Gasteiger charge is -2.43. The van der Waals surface area contributed by atoms with Gasteiger partial charge in [0.15, 0.2) is 17.9 Å². The Labute approximate surface area is 180 Å². The van der Waals surface area contributed by atoms with E-state index < -0.39 is 49.8 Å². The van der Waals surface area contributed by atoms with Gasteiger partial charge < -0.3 is 23.7 Å². The number of carbonyl (C=O) groups excluding carboxylic acids is 1. The van der Waals surface area contributed by atoms with E-state index in [1.807, 2.05) is 0 Å².